The fraction of sp³-hybridized carbons (Fsp3) is 0.400. The first kappa shape index (κ1) is 18.9. The van der Waals surface area contributed by atoms with Crippen LogP contribution in [0.4, 0.5) is 14.7 Å². The lowest BCUT2D eigenvalue weighted by Gasteiger charge is -2.28. The van der Waals surface area contributed by atoms with Gasteiger partial charge >= 0.3 is 6.61 Å². The maximum atomic E-state index is 12.3. The molecule has 4 heterocycles. The third-order valence-corrected chi connectivity index (χ3v) is 5.58. The summed E-state index contributed by atoms with van der Waals surface area (Å²) in [6, 6.07) is 2.13. The summed E-state index contributed by atoms with van der Waals surface area (Å²) in [5.74, 6) is 1.18. The molecule has 0 bridgehead atoms. The lowest BCUT2D eigenvalue weighted by Crippen LogP contribution is -2.31. The monoisotopic (exact) mass is 413 g/mol. The van der Waals surface area contributed by atoms with E-state index in [1.165, 1.54) is 0 Å². The van der Waals surface area contributed by atoms with Gasteiger partial charge in [0, 0.05) is 41.5 Å². The van der Waals surface area contributed by atoms with Crippen LogP contribution in [-0.2, 0) is 4.74 Å². The van der Waals surface area contributed by atoms with Crippen molar-refractivity contribution in [1.82, 2.24) is 29.0 Å². The van der Waals surface area contributed by atoms with Gasteiger partial charge in [-0.1, -0.05) is 0 Å². The first-order chi connectivity index (χ1) is 14.6. The Morgan fingerprint density at radius 1 is 1.10 bits per heavy atom. The molecule has 156 valence electrons. The van der Waals surface area contributed by atoms with E-state index in [1.54, 1.807) is 23.1 Å². The molecule has 5 rings (SSSR count). The summed E-state index contributed by atoms with van der Waals surface area (Å²) in [6.45, 7) is -0.723. The predicted octanol–water partition coefficient (Wildman–Crippen LogP) is 3.71. The van der Waals surface area contributed by atoms with Crippen LogP contribution in [0.25, 0.3) is 22.4 Å². The van der Waals surface area contributed by atoms with Crippen LogP contribution in [0.1, 0.15) is 31.4 Å². The van der Waals surface area contributed by atoms with Crippen LogP contribution in [0, 0.1) is 6.92 Å². The quantitative estimate of drug-likeness (QED) is 0.537. The number of aromatic nitrogens is 6. The van der Waals surface area contributed by atoms with Crippen LogP contribution in [-0.4, -0.2) is 47.7 Å². The minimum atomic E-state index is -2.71. The summed E-state index contributed by atoms with van der Waals surface area (Å²) in [6.07, 6.45) is 11.6. The fourth-order valence-electron chi connectivity index (χ4n) is 4.01. The van der Waals surface area contributed by atoms with Crippen molar-refractivity contribution in [2.75, 3.05) is 5.32 Å². The minimum absolute atomic E-state index is 0.144. The molecule has 1 N–H and O–H groups in total. The van der Waals surface area contributed by atoms with Gasteiger partial charge in [-0.15, -0.1) is 5.10 Å². The van der Waals surface area contributed by atoms with Gasteiger partial charge in [-0.3, -0.25) is 4.40 Å². The number of imidazole rings is 1. The molecule has 1 aliphatic carbocycles. The van der Waals surface area contributed by atoms with Crippen LogP contribution in [0.2, 0.25) is 0 Å². The zero-order valence-corrected chi connectivity index (χ0v) is 16.4. The first-order valence-electron chi connectivity index (χ1n) is 9.91. The average molecular weight is 413 g/mol. The smallest absolute Gasteiger partial charge is 0.345 e. The van der Waals surface area contributed by atoms with Crippen LogP contribution in [0.3, 0.4) is 0 Å². The van der Waals surface area contributed by atoms with E-state index in [1.807, 2.05) is 29.8 Å². The molecular formula is C20H21F2N7O. The molecule has 1 saturated carbocycles. The number of hydrogen-bond acceptors (Lipinski definition) is 6. The van der Waals surface area contributed by atoms with Crippen molar-refractivity contribution in [1.29, 1.82) is 0 Å². The Balaban J connectivity index is 1.33. The van der Waals surface area contributed by atoms with E-state index in [0.717, 1.165) is 35.2 Å². The van der Waals surface area contributed by atoms with Crippen molar-refractivity contribution in [3.63, 3.8) is 0 Å². The highest BCUT2D eigenvalue weighted by molar-refractivity contribution is 5.79. The Kier molecular flexibility index (Phi) is 4.78. The Morgan fingerprint density at radius 3 is 2.70 bits per heavy atom. The van der Waals surface area contributed by atoms with Gasteiger partial charge in [0.25, 0.3) is 0 Å². The van der Waals surface area contributed by atoms with Crippen molar-refractivity contribution in [3.8, 4) is 11.1 Å². The third kappa shape index (κ3) is 3.58. The van der Waals surface area contributed by atoms with Gasteiger partial charge in [0.15, 0.2) is 0 Å². The number of anilines is 1. The molecular weight excluding hydrogens is 392 g/mol. The molecule has 0 amide bonds. The molecule has 4 aromatic heterocycles. The average Bonchev–Trinajstić information content (AvgIpc) is 3.32. The van der Waals surface area contributed by atoms with Crippen molar-refractivity contribution >= 4 is 17.2 Å². The number of nitrogens with zero attached hydrogens (tertiary/aromatic N) is 6. The molecule has 0 spiro atoms. The van der Waals surface area contributed by atoms with Gasteiger partial charge in [-0.2, -0.15) is 8.78 Å². The van der Waals surface area contributed by atoms with Crippen LogP contribution >= 0.6 is 0 Å². The summed E-state index contributed by atoms with van der Waals surface area (Å²) in [4.78, 5) is 13.1. The van der Waals surface area contributed by atoms with Crippen molar-refractivity contribution in [2.45, 2.75) is 51.4 Å². The number of nitrogens with one attached hydrogen (secondary N) is 1. The number of alkyl halides is 2. The molecule has 1 fully saturated rings. The zero-order chi connectivity index (χ0) is 20.7. The molecule has 4 aromatic rings. The van der Waals surface area contributed by atoms with Gasteiger partial charge in [0.2, 0.25) is 11.7 Å². The normalized spacial score (nSPS) is 19.7. The van der Waals surface area contributed by atoms with E-state index in [4.69, 9.17) is 0 Å². The lowest BCUT2D eigenvalue weighted by molar-refractivity contribution is -0.169. The summed E-state index contributed by atoms with van der Waals surface area (Å²) in [5, 5.41) is 7.87. The van der Waals surface area contributed by atoms with E-state index in [9.17, 15) is 8.78 Å². The highest BCUT2D eigenvalue weighted by Crippen LogP contribution is 2.27. The molecule has 0 saturated heterocycles. The second-order valence-corrected chi connectivity index (χ2v) is 7.57. The molecule has 0 unspecified atom stereocenters. The number of rotatable bonds is 5. The Labute approximate surface area is 170 Å². The highest BCUT2D eigenvalue weighted by Gasteiger charge is 2.24. The number of hydrogen-bond donors (Lipinski definition) is 1. The number of aryl methyl sites for hydroxylation is 1. The summed E-state index contributed by atoms with van der Waals surface area (Å²) >= 11 is 0. The van der Waals surface area contributed by atoms with Crippen molar-refractivity contribution in [2.24, 2.45) is 0 Å². The zero-order valence-electron chi connectivity index (χ0n) is 16.4. The van der Waals surface area contributed by atoms with Crippen LogP contribution in [0.5, 0.6) is 0 Å². The minimum Gasteiger partial charge on any atom is -0.350 e. The number of ether oxygens (including phenoxy) is 1. The second kappa shape index (κ2) is 7.60. The van der Waals surface area contributed by atoms with E-state index in [2.05, 4.69) is 30.1 Å². The predicted molar refractivity (Wildman–Crippen MR) is 106 cm³/mol. The van der Waals surface area contributed by atoms with Gasteiger partial charge in [-0.05, 0) is 38.7 Å². The maximum absolute atomic E-state index is 12.3. The van der Waals surface area contributed by atoms with E-state index in [0.29, 0.717) is 24.6 Å². The van der Waals surface area contributed by atoms with E-state index >= 15 is 0 Å². The molecule has 1 aliphatic rings. The molecule has 0 aromatic carbocycles. The Morgan fingerprint density at radius 2 is 1.90 bits per heavy atom. The number of fused-ring (bicyclic) bond motifs is 2. The number of halogens is 2. The van der Waals surface area contributed by atoms with Gasteiger partial charge in [0.1, 0.15) is 0 Å². The largest absolute Gasteiger partial charge is 0.350 e. The molecule has 10 heteroatoms. The van der Waals surface area contributed by atoms with Gasteiger partial charge < -0.3 is 10.1 Å². The van der Waals surface area contributed by atoms with E-state index in [-0.39, 0.29) is 12.1 Å². The molecule has 0 radical (unpaired) electrons. The van der Waals surface area contributed by atoms with E-state index < -0.39 is 6.61 Å². The van der Waals surface area contributed by atoms with Crippen LogP contribution in [0.15, 0.2) is 37.1 Å². The summed E-state index contributed by atoms with van der Waals surface area (Å²) < 4.78 is 33.0. The highest BCUT2D eigenvalue weighted by atomic mass is 19.3. The molecule has 0 atom stereocenters. The Hall–Kier alpha value is -3.14. The first-order valence-corrected chi connectivity index (χ1v) is 9.91. The molecule has 30 heavy (non-hydrogen) atoms. The summed E-state index contributed by atoms with van der Waals surface area (Å²) in [5.41, 5.74) is 3.81. The molecule has 0 aliphatic heterocycles. The van der Waals surface area contributed by atoms with Crippen molar-refractivity contribution < 1.29 is 13.5 Å². The topological polar surface area (TPSA) is 81.6 Å². The lowest BCUT2D eigenvalue weighted by atomic mass is 9.93. The van der Waals surface area contributed by atoms with Crippen LogP contribution < -0.4 is 5.32 Å². The third-order valence-electron chi connectivity index (χ3n) is 5.58. The summed E-state index contributed by atoms with van der Waals surface area (Å²) in [7, 11) is 0. The standard InChI is InChI=1S/C20H21F2N7O/c1-12-8-24-20-25-9-13(11-28(12)20)16-6-7-29-17(16)10-23-19(27-29)26-14-2-4-15(5-3-14)30-18(21)22/h6-11,14-15,18H,2-5H2,1H3,(H,26,27)/t14-,15-. The second-order valence-electron chi connectivity index (χ2n) is 7.57. The van der Waals surface area contributed by atoms with Gasteiger partial charge in [-0.25, -0.2) is 19.5 Å². The fourth-order valence-corrected chi connectivity index (χ4v) is 4.01. The Bertz CT molecular complexity index is 1180. The molecule has 8 nitrogen and oxygen atoms in total. The van der Waals surface area contributed by atoms with Gasteiger partial charge in [0.05, 0.1) is 24.0 Å². The SMILES string of the molecule is Cc1cnc2ncc(-c3ccn4nc(N[C@H]5CC[C@H](OC(F)F)CC5)ncc34)cn12. The maximum Gasteiger partial charge on any atom is 0.345 e. The van der Waals surface area contributed by atoms with Crippen molar-refractivity contribution in [3.05, 3.63) is 42.7 Å².